The number of hydrogen-bond donors (Lipinski definition) is 3. The van der Waals surface area contributed by atoms with E-state index in [0.717, 1.165) is 19.3 Å². The van der Waals surface area contributed by atoms with Gasteiger partial charge in [-0.3, -0.25) is 14.4 Å². The van der Waals surface area contributed by atoms with Gasteiger partial charge in [0.05, 0.1) is 11.5 Å². The predicted molar refractivity (Wildman–Crippen MR) is 146 cm³/mol. The van der Waals surface area contributed by atoms with Crippen LogP contribution in [-0.4, -0.2) is 40.5 Å². The maximum atomic E-state index is 14.4. The zero-order valence-electron chi connectivity index (χ0n) is 24.5. The van der Waals surface area contributed by atoms with Crippen LogP contribution >= 0.6 is 0 Å². The van der Waals surface area contributed by atoms with E-state index in [2.05, 4.69) is 52.9 Å². The van der Waals surface area contributed by atoms with Gasteiger partial charge in [0.15, 0.2) is 5.78 Å². The molecule has 0 aromatic heterocycles. The third-order valence-corrected chi connectivity index (χ3v) is 13.7. The first-order valence-corrected chi connectivity index (χ1v) is 15.0. The lowest BCUT2D eigenvalue weighted by molar-refractivity contribution is -0.207. The maximum Gasteiger partial charge on any atom is 0.322 e. The molecule has 4 saturated carbocycles. The molecule has 6 nitrogen and oxygen atoms in total. The van der Waals surface area contributed by atoms with Gasteiger partial charge in [0.25, 0.3) is 0 Å². The van der Waals surface area contributed by atoms with Crippen LogP contribution in [0.5, 0.6) is 0 Å². The number of amides is 1. The topological polar surface area (TPSA) is 104 Å². The molecule has 5 aliphatic carbocycles. The number of ketones is 1. The van der Waals surface area contributed by atoms with Gasteiger partial charge in [-0.2, -0.15) is 0 Å². The largest absolute Gasteiger partial charge is 0.480 e. The minimum atomic E-state index is -1.13. The Morgan fingerprint density at radius 1 is 0.974 bits per heavy atom. The molecule has 0 saturated heterocycles. The van der Waals surface area contributed by atoms with E-state index < -0.39 is 35.4 Å². The lowest BCUT2D eigenvalue weighted by Crippen LogP contribution is -2.69. The van der Waals surface area contributed by atoms with E-state index >= 15 is 0 Å². The fraction of sp³-hybridized carbons (Fsp3) is 0.844. The molecule has 0 aliphatic heterocycles. The second-order valence-corrected chi connectivity index (χ2v) is 15.2. The number of aliphatic carboxylic acids is 1. The first-order chi connectivity index (χ1) is 17.6. The quantitative estimate of drug-likeness (QED) is 0.457. The molecule has 212 valence electrons. The SMILES string of the molecule is C[C@H]1[C@H](C)CC[C@]2(C)CC[C@]3(C)C(=CC(=O)[C@@H]4[C@@]5(C)CC[C@@H](O)[C@](C)(C(=O)NCC(=O)O)[C@@H]5CC[C@]43C)[C@H]12. The lowest BCUT2D eigenvalue weighted by atomic mass is 9.33. The van der Waals surface area contributed by atoms with Crippen molar-refractivity contribution < 1.29 is 24.6 Å². The molecule has 0 spiro atoms. The summed E-state index contributed by atoms with van der Waals surface area (Å²) in [5, 5.41) is 22.9. The molecule has 6 heteroatoms. The summed E-state index contributed by atoms with van der Waals surface area (Å²) in [6.07, 6.45) is 8.68. The van der Waals surface area contributed by atoms with Crippen molar-refractivity contribution in [2.24, 2.45) is 56.7 Å². The Kier molecular flexibility index (Phi) is 6.34. The van der Waals surface area contributed by atoms with E-state index in [4.69, 9.17) is 5.11 Å². The molecule has 38 heavy (non-hydrogen) atoms. The third-order valence-electron chi connectivity index (χ3n) is 13.7. The Hall–Kier alpha value is -1.69. The first kappa shape index (κ1) is 27.9. The zero-order chi connectivity index (χ0) is 28.1. The van der Waals surface area contributed by atoms with Crippen LogP contribution in [0.3, 0.4) is 0 Å². The number of rotatable bonds is 3. The number of carbonyl (C=O) groups is 3. The number of allylic oxidation sites excluding steroid dienone is 2. The van der Waals surface area contributed by atoms with Crippen LogP contribution in [0.2, 0.25) is 0 Å². The Morgan fingerprint density at radius 2 is 1.66 bits per heavy atom. The fourth-order valence-electron chi connectivity index (χ4n) is 11.0. The highest BCUT2D eigenvalue weighted by Gasteiger charge is 2.71. The number of aliphatic hydroxyl groups is 1. The average molecular weight is 528 g/mol. The molecule has 0 radical (unpaired) electrons. The van der Waals surface area contributed by atoms with Crippen LogP contribution in [0.25, 0.3) is 0 Å². The minimum Gasteiger partial charge on any atom is -0.480 e. The zero-order valence-corrected chi connectivity index (χ0v) is 24.5. The highest BCUT2D eigenvalue weighted by molar-refractivity contribution is 5.96. The van der Waals surface area contributed by atoms with Gasteiger partial charge in [-0.1, -0.05) is 47.1 Å². The van der Waals surface area contributed by atoms with E-state index in [-0.39, 0.29) is 33.9 Å². The van der Waals surface area contributed by atoms with Crippen LogP contribution < -0.4 is 5.32 Å². The van der Waals surface area contributed by atoms with Gasteiger partial charge in [0.2, 0.25) is 5.91 Å². The number of carbonyl (C=O) groups excluding carboxylic acids is 2. The normalized spacial score (nSPS) is 52.0. The number of carboxylic acid groups (broad SMARTS) is 1. The fourth-order valence-corrected chi connectivity index (χ4v) is 11.0. The lowest BCUT2D eigenvalue weighted by Gasteiger charge is -2.70. The van der Waals surface area contributed by atoms with Crippen LogP contribution in [0, 0.1) is 56.7 Å². The Balaban J connectivity index is 1.59. The average Bonchev–Trinajstić information content (AvgIpc) is 2.84. The molecule has 4 fully saturated rings. The number of fused-ring (bicyclic) bond motifs is 7. The standard InChI is InChI=1S/C32H49NO5/c1-18-8-11-28(3)14-15-30(5)20(25(28)19(18)2)16-21(34)26-29(4)12-10-23(35)32(7,27(38)33-17-24(36)37)22(29)9-13-31(26,30)6/h16,18-19,22-23,25-26,35H,8-15,17H2,1-7H3,(H,33,38)(H,36,37)/t18-,19+,22-,23-,25+,26-,28-,29+,30-,31-,32-/m1/s1. The molecule has 0 bridgehead atoms. The Labute approximate surface area is 228 Å². The summed E-state index contributed by atoms with van der Waals surface area (Å²) in [6.45, 7) is 15.6. The highest BCUT2D eigenvalue weighted by atomic mass is 16.4. The van der Waals surface area contributed by atoms with Gasteiger partial charge in [0, 0.05) is 5.92 Å². The van der Waals surface area contributed by atoms with Gasteiger partial charge in [0.1, 0.15) is 6.54 Å². The van der Waals surface area contributed by atoms with Gasteiger partial charge >= 0.3 is 5.97 Å². The van der Waals surface area contributed by atoms with Crippen LogP contribution in [0.4, 0.5) is 0 Å². The van der Waals surface area contributed by atoms with E-state index in [0.29, 0.717) is 30.6 Å². The molecular formula is C32H49NO5. The Bertz CT molecular complexity index is 1080. The monoisotopic (exact) mass is 527 g/mol. The first-order valence-electron chi connectivity index (χ1n) is 15.0. The number of carboxylic acids is 1. The minimum absolute atomic E-state index is 0.0763. The van der Waals surface area contributed by atoms with E-state index in [1.807, 2.05) is 0 Å². The van der Waals surface area contributed by atoms with Crippen molar-refractivity contribution in [3.63, 3.8) is 0 Å². The third kappa shape index (κ3) is 3.43. The van der Waals surface area contributed by atoms with Crippen molar-refractivity contribution in [2.75, 3.05) is 6.54 Å². The summed E-state index contributed by atoms with van der Waals surface area (Å²) in [5.41, 5.74) is -0.232. The van der Waals surface area contributed by atoms with Crippen LogP contribution in [0.1, 0.15) is 99.8 Å². The molecule has 0 heterocycles. The van der Waals surface area contributed by atoms with E-state index in [1.165, 1.54) is 24.8 Å². The molecular weight excluding hydrogens is 478 g/mol. The molecule has 5 aliphatic rings. The van der Waals surface area contributed by atoms with Gasteiger partial charge in [-0.05, 0) is 110 Å². The second-order valence-electron chi connectivity index (χ2n) is 15.2. The van der Waals surface area contributed by atoms with Crippen LogP contribution in [0.15, 0.2) is 11.6 Å². The number of nitrogens with one attached hydrogen (secondary N) is 1. The van der Waals surface area contributed by atoms with Crippen molar-refractivity contribution in [1.82, 2.24) is 5.32 Å². The maximum absolute atomic E-state index is 14.4. The van der Waals surface area contributed by atoms with Crippen molar-refractivity contribution in [2.45, 2.75) is 106 Å². The second kappa shape index (κ2) is 8.65. The summed E-state index contributed by atoms with van der Waals surface area (Å²) in [7, 11) is 0. The molecule has 0 aromatic rings. The summed E-state index contributed by atoms with van der Waals surface area (Å²) in [4.78, 5) is 39.1. The smallest absolute Gasteiger partial charge is 0.322 e. The van der Waals surface area contributed by atoms with Crippen molar-refractivity contribution >= 4 is 17.7 Å². The van der Waals surface area contributed by atoms with Crippen molar-refractivity contribution in [3.05, 3.63) is 11.6 Å². The summed E-state index contributed by atoms with van der Waals surface area (Å²) < 4.78 is 0. The van der Waals surface area contributed by atoms with Crippen molar-refractivity contribution in [1.29, 1.82) is 0 Å². The molecule has 3 N–H and O–H groups in total. The number of hydrogen-bond acceptors (Lipinski definition) is 4. The van der Waals surface area contributed by atoms with Gasteiger partial charge in [-0.15, -0.1) is 0 Å². The van der Waals surface area contributed by atoms with E-state index in [1.54, 1.807) is 6.92 Å². The van der Waals surface area contributed by atoms with Crippen molar-refractivity contribution in [3.8, 4) is 0 Å². The highest BCUT2D eigenvalue weighted by Crippen LogP contribution is 2.75. The summed E-state index contributed by atoms with van der Waals surface area (Å²) >= 11 is 0. The Morgan fingerprint density at radius 3 is 2.32 bits per heavy atom. The van der Waals surface area contributed by atoms with Gasteiger partial charge < -0.3 is 15.5 Å². The van der Waals surface area contributed by atoms with Crippen LogP contribution in [-0.2, 0) is 14.4 Å². The molecule has 1 amide bonds. The predicted octanol–water partition coefficient (Wildman–Crippen LogP) is 5.38. The molecule has 0 unspecified atom stereocenters. The number of aliphatic hydroxyl groups excluding tert-OH is 1. The van der Waals surface area contributed by atoms with E-state index in [9.17, 15) is 19.5 Å². The molecule has 5 rings (SSSR count). The van der Waals surface area contributed by atoms with Gasteiger partial charge in [-0.25, -0.2) is 0 Å². The molecule has 11 atom stereocenters. The summed E-state index contributed by atoms with van der Waals surface area (Å²) in [6, 6.07) is 0. The summed E-state index contributed by atoms with van der Waals surface area (Å²) in [5.74, 6) is -0.0894. The molecule has 0 aromatic carbocycles.